The van der Waals surface area contributed by atoms with E-state index in [1.165, 1.54) is 24.3 Å². The smallest absolute Gasteiger partial charge is 0.494 e. The van der Waals surface area contributed by atoms with E-state index in [0.29, 0.717) is 23.1 Å². The number of hydrogen-bond donors (Lipinski definition) is 2. The van der Waals surface area contributed by atoms with Crippen LogP contribution in [0.2, 0.25) is 0 Å². The lowest BCUT2D eigenvalue weighted by molar-refractivity contribution is -0.274. The van der Waals surface area contributed by atoms with Gasteiger partial charge in [0.15, 0.2) is 0 Å². The molecule has 0 aliphatic rings. The highest BCUT2D eigenvalue weighted by molar-refractivity contribution is 5.66. The summed E-state index contributed by atoms with van der Waals surface area (Å²) in [6.07, 6.45) is -1.10. The van der Waals surface area contributed by atoms with Crippen molar-refractivity contribution >= 4 is 23.0 Å². The molecule has 0 spiro atoms. The quantitative estimate of drug-likeness (QED) is 0.332. The maximum absolute atomic E-state index is 12.3. The van der Waals surface area contributed by atoms with Crippen molar-refractivity contribution in [1.29, 1.82) is 0 Å². The van der Waals surface area contributed by atoms with E-state index in [9.17, 15) is 13.2 Å². The van der Waals surface area contributed by atoms with Gasteiger partial charge in [0, 0.05) is 23.6 Å². The maximum Gasteiger partial charge on any atom is 0.573 e. The average molecular weight is 469 g/mol. The molecule has 4 rings (SSSR count). The first-order valence-corrected chi connectivity index (χ1v) is 10.3. The van der Waals surface area contributed by atoms with Crippen LogP contribution in [-0.4, -0.2) is 28.0 Å². The number of halogens is 3. The topological polar surface area (TPSA) is 73.2 Å². The molecule has 0 unspecified atom stereocenters. The zero-order valence-corrected chi connectivity index (χ0v) is 18.6. The van der Waals surface area contributed by atoms with E-state index < -0.39 is 6.36 Å². The number of imidazole rings is 1. The standard InChI is InChI=1S/C24H22F3N5O2/c1-15-10-22(29-17-4-7-19(8-5-17)34-24(25,26)27)31-23(11-15)30-18-6-9-20(21(12-18)33-3)32-13-16(2)28-14-32/h4-14H,1-3H3,(H2,29,30,31). The van der Waals surface area contributed by atoms with Gasteiger partial charge in [-0.15, -0.1) is 13.2 Å². The number of hydrogen-bond acceptors (Lipinski definition) is 6. The molecule has 0 saturated carbocycles. The molecule has 4 aromatic rings. The van der Waals surface area contributed by atoms with Crippen LogP contribution in [0.25, 0.3) is 5.69 Å². The second-order valence-electron chi connectivity index (χ2n) is 7.55. The number of methoxy groups -OCH3 is 1. The van der Waals surface area contributed by atoms with Crippen molar-refractivity contribution in [1.82, 2.24) is 14.5 Å². The largest absolute Gasteiger partial charge is 0.573 e. The van der Waals surface area contributed by atoms with Gasteiger partial charge in [-0.3, -0.25) is 0 Å². The van der Waals surface area contributed by atoms with Crippen LogP contribution in [0.15, 0.2) is 67.1 Å². The SMILES string of the molecule is COc1cc(Nc2cc(C)cc(Nc3ccc(OC(F)(F)F)cc3)n2)ccc1-n1cnc(C)c1. The Kier molecular flexibility index (Phi) is 6.31. The summed E-state index contributed by atoms with van der Waals surface area (Å²) in [5, 5.41) is 6.36. The average Bonchev–Trinajstić information content (AvgIpc) is 3.19. The van der Waals surface area contributed by atoms with Gasteiger partial charge in [-0.2, -0.15) is 0 Å². The Morgan fingerprint density at radius 1 is 0.882 bits per heavy atom. The summed E-state index contributed by atoms with van der Waals surface area (Å²) < 4.78 is 48.4. The highest BCUT2D eigenvalue weighted by Gasteiger charge is 2.30. The summed E-state index contributed by atoms with van der Waals surface area (Å²) in [5.74, 6) is 1.49. The molecule has 2 aromatic carbocycles. The number of pyridine rings is 1. The Morgan fingerprint density at radius 2 is 1.53 bits per heavy atom. The van der Waals surface area contributed by atoms with Crippen molar-refractivity contribution in [2.24, 2.45) is 0 Å². The van der Waals surface area contributed by atoms with E-state index in [1.54, 1.807) is 13.4 Å². The zero-order chi connectivity index (χ0) is 24.3. The van der Waals surface area contributed by atoms with Crippen molar-refractivity contribution < 1.29 is 22.6 Å². The van der Waals surface area contributed by atoms with Gasteiger partial charge in [0.1, 0.15) is 23.1 Å². The highest BCUT2D eigenvalue weighted by atomic mass is 19.4. The van der Waals surface area contributed by atoms with Crippen LogP contribution in [0.5, 0.6) is 11.5 Å². The van der Waals surface area contributed by atoms with Crippen LogP contribution in [-0.2, 0) is 0 Å². The molecule has 0 saturated heterocycles. The molecule has 0 bridgehead atoms. The van der Waals surface area contributed by atoms with Crippen molar-refractivity contribution in [3.63, 3.8) is 0 Å². The van der Waals surface area contributed by atoms with E-state index >= 15 is 0 Å². The van der Waals surface area contributed by atoms with E-state index in [-0.39, 0.29) is 5.75 Å². The third-order valence-electron chi connectivity index (χ3n) is 4.77. The number of aryl methyl sites for hydroxylation is 2. The number of nitrogens with one attached hydrogen (secondary N) is 2. The lowest BCUT2D eigenvalue weighted by Crippen LogP contribution is -2.16. The van der Waals surface area contributed by atoms with Gasteiger partial charge in [-0.1, -0.05) is 0 Å². The highest BCUT2D eigenvalue weighted by Crippen LogP contribution is 2.30. The Morgan fingerprint density at radius 3 is 2.12 bits per heavy atom. The van der Waals surface area contributed by atoms with Gasteiger partial charge >= 0.3 is 6.36 Å². The van der Waals surface area contributed by atoms with Crippen LogP contribution in [0.3, 0.4) is 0 Å². The predicted octanol–water partition coefficient (Wildman–Crippen LogP) is 6.28. The van der Waals surface area contributed by atoms with Gasteiger partial charge in [-0.25, -0.2) is 9.97 Å². The summed E-state index contributed by atoms with van der Waals surface area (Å²) in [4.78, 5) is 8.81. The minimum absolute atomic E-state index is 0.291. The number of benzene rings is 2. The summed E-state index contributed by atoms with van der Waals surface area (Å²) in [6.45, 7) is 3.84. The summed E-state index contributed by atoms with van der Waals surface area (Å²) in [6, 6.07) is 14.8. The predicted molar refractivity (Wildman–Crippen MR) is 124 cm³/mol. The van der Waals surface area contributed by atoms with E-state index in [2.05, 4.69) is 25.3 Å². The molecule has 0 aliphatic carbocycles. The van der Waals surface area contributed by atoms with Gasteiger partial charge in [-0.05, 0) is 67.9 Å². The monoisotopic (exact) mass is 469 g/mol. The fraction of sp³-hybridized carbons (Fsp3) is 0.167. The van der Waals surface area contributed by atoms with Gasteiger partial charge in [0.2, 0.25) is 0 Å². The fourth-order valence-electron chi connectivity index (χ4n) is 3.35. The normalized spacial score (nSPS) is 11.2. The number of nitrogens with zero attached hydrogens (tertiary/aromatic N) is 3. The molecule has 2 N–H and O–H groups in total. The lowest BCUT2D eigenvalue weighted by Gasteiger charge is -2.14. The second kappa shape index (κ2) is 9.34. The van der Waals surface area contributed by atoms with Crippen molar-refractivity contribution in [3.05, 3.63) is 78.4 Å². The fourth-order valence-corrected chi connectivity index (χ4v) is 3.35. The third kappa shape index (κ3) is 5.77. The van der Waals surface area contributed by atoms with Crippen LogP contribution >= 0.6 is 0 Å². The Hall–Kier alpha value is -4.21. The van der Waals surface area contributed by atoms with Crippen molar-refractivity contribution in [2.45, 2.75) is 20.2 Å². The molecule has 34 heavy (non-hydrogen) atoms. The van der Waals surface area contributed by atoms with Crippen molar-refractivity contribution in [3.8, 4) is 17.2 Å². The molecule has 0 radical (unpaired) electrons. The first-order valence-electron chi connectivity index (χ1n) is 10.3. The third-order valence-corrected chi connectivity index (χ3v) is 4.77. The number of ether oxygens (including phenoxy) is 2. The molecule has 2 heterocycles. The van der Waals surface area contributed by atoms with E-state index in [0.717, 1.165) is 22.6 Å². The lowest BCUT2D eigenvalue weighted by atomic mass is 10.2. The molecule has 0 atom stereocenters. The molecular formula is C24H22F3N5O2. The Balaban J connectivity index is 1.51. The van der Waals surface area contributed by atoms with Crippen molar-refractivity contribution in [2.75, 3.05) is 17.7 Å². The van der Waals surface area contributed by atoms with E-state index in [1.807, 2.05) is 54.9 Å². The number of alkyl halides is 3. The second-order valence-corrected chi connectivity index (χ2v) is 7.55. The molecule has 176 valence electrons. The molecule has 0 aliphatic heterocycles. The summed E-state index contributed by atoms with van der Waals surface area (Å²) >= 11 is 0. The Bertz CT molecular complexity index is 1290. The first kappa shape index (κ1) is 23.0. The molecule has 0 fully saturated rings. The maximum atomic E-state index is 12.3. The molecule has 10 heteroatoms. The Labute approximate surface area is 194 Å². The van der Waals surface area contributed by atoms with Crippen LogP contribution in [0.1, 0.15) is 11.3 Å². The molecule has 0 amide bonds. The van der Waals surface area contributed by atoms with Gasteiger partial charge < -0.3 is 24.7 Å². The molecular weight excluding hydrogens is 447 g/mol. The number of anilines is 4. The van der Waals surface area contributed by atoms with Gasteiger partial charge in [0.05, 0.1) is 24.8 Å². The van der Waals surface area contributed by atoms with Gasteiger partial charge in [0.25, 0.3) is 0 Å². The minimum Gasteiger partial charge on any atom is -0.494 e. The number of rotatable bonds is 7. The van der Waals surface area contributed by atoms with Crippen LogP contribution < -0.4 is 20.1 Å². The first-order chi connectivity index (χ1) is 16.2. The van der Waals surface area contributed by atoms with Crippen LogP contribution in [0.4, 0.5) is 36.2 Å². The van der Waals surface area contributed by atoms with E-state index in [4.69, 9.17) is 4.74 Å². The minimum atomic E-state index is -4.73. The molecule has 2 aromatic heterocycles. The summed E-state index contributed by atoms with van der Waals surface area (Å²) in [7, 11) is 1.60. The number of aromatic nitrogens is 3. The molecule has 7 nitrogen and oxygen atoms in total. The zero-order valence-electron chi connectivity index (χ0n) is 18.6. The summed E-state index contributed by atoms with van der Waals surface area (Å²) in [5.41, 5.74) is 4.03. The van der Waals surface area contributed by atoms with Crippen LogP contribution in [0, 0.1) is 13.8 Å².